The molecule has 0 aromatic carbocycles. The summed E-state index contributed by atoms with van der Waals surface area (Å²) in [7, 11) is 0. The zero-order valence-electron chi connectivity index (χ0n) is 6.96. The third kappa shape index (κ3) is 1.61. The standard InChI is InChI=1S/C9H9N4/c10-9-11-5-4-8(12-9)13-6-2-1-3-7-13/h1-7H,(H2,10,11,12)/q+1. The molecule has 64 valence electrons. The summed E-state index contributed by atoms with van der Waals surface area (Å²) >= 11 is 0. The van der Waals surface area contributed by atoms with Crippen molar-refractivity contribution in [3.05, 3.63) is 42.9 Å². The number of aromatic nitrogens is 3. The molecule has 2 aromatic rings. The molecule has 0 aliphatic heterocycles. The second-order valence-electron chi connectivity index (χ2n) is 2.56. The van der Waals surface area contributed by atoms with Crippen LogP contribution in [0.5, 0.6) is 0 Å². The second kappa shape index (κ2) is 3.18. The van der Waals surface area contributed by atoms with Gasteiger partial charge in [0, 0.05) is 6.20 Å². The zero-order chi connectivity index (χ0) is 9.10. The smallest absolute Gasteiger partial charge is 0.336 e. The minimum atomic E-state index is 0.286. The molecule has 0 fully saturated rings. The number of nitrogen functional groups attached to an aromatic ring is 1. The van der Waals surface area contributed by atoms with Crippen molar-refractivity contribution in [2.75, 3.05) is 5.73 Å². The van der Waals surface area contributed by atoms with Crippen molar-refractivity contribution in [3.8, 4) is 5.82 Å². The monoisotopic (exact) mass is 173 g/mol. The molecule has 2 heterocycles. The molecule has 0 bridgehead atoms. The first-order valence-corrected chi connectivity index (χ1v) is 3.91. The van der Waals surface area contributed by atoms with Gasteiger partial charge < -0.3 is 5.73 Å². The topological polar surface area (TPSA) is 55.7 Å². The van der Waals surface area contributed by atoms with Gasteiger partial charge in [0.1, 0.15) is 0 Å². The number of hydrogen-bond acceptors (Lipinski definition) is 3. The Labute approximate surface area is 75.7 Å². The predicted octanol–water partition coefficient (Wildman–Crippen LogP) is 0.335. The zero-order valence-corrected chi connectivity index (χ0v) is 6.96. The summed E-state index contributed by atoms with van der Waals surface area (Å²) in [5, 5.41) is 0. The largest absolute Gasteiger partial charge is 0.346 e. The van der Waals surface area contributed by atoms with Crippen LogP contribution < -0.4 is 10.3 Å². The molecule has 0 saturated heterocycles. The van der Waals surface area contributed by atoms with E-state index in [9.17, 15) is 0 Å². The highest BCUT2D eigenvalue weighted by molar-refractivity contribution is 5.20. The lowest BCUT2D eigenvalue weighted by atomic mass is 10.4. The third-order valence-electron chi connectivity index (χ3n) is 1.64. The lowest BCUT2D eigenvalue weighted by molar-refractivity contribution is -0.599. The van der Waals surface area contributed by atoms with Gasteiger partial charge in [-0.3, -0.25) is 0 Å². The molecule has 0 radical (unpaired) electrons. The number of anilines is 1. The van der Waals surface area contributed by atoms with Crippen LogP contribution in [0.15, 0.2) is 42.9 Å². The summed E-state index contributed by atoms with van der Waals surface area (Å²) in [5.41, 5.74) is 5.46. The van der Waals surface area contributed by atoms with Crippen molar-refractivity contribution in [1.82, 2.24) is 9.97 Å². The molecule has 0 unspecified atom stereocenters. The van der Waals surface area contributed by atoms with Crippen LogP contribution in [-0.4, -0.2) is 9.97 Å². The highest BCUT2D eigenvalue weighted by Gasteiger charge is 2.06. The van der Waals surface area contributed by atoms with E-state index in [1.165, 1.54) is 0 Å². The Morgan fingerprint density at radius 1 is 1.15 bits per heavy atom. The van der Waals surface area contributed by atoms with Gasteiger partial charge in [-0.05, 0) is 17.1 Å². The molecule has 0 amide bonds. The Morgan fingerprint density at radius 3 is 2.62 bits per heavy atom. The van der Waals surface area contributed by atoms with Crippen molar-refractivity contribution < 1.29 is 4.57 Å². The Kier molecular flexibility index (Phi) is 1.88. The maximum atomic E-state index is 5.46. The molecule has 0 aliphatic rings. The Balaban J connectivity index is 2.48. The summed E-state index contributed by atoms with van der Waals surface area (Å²) in [6, 6.07) is 7.61. The van der Waals surface area contributed by atoms with E-state index < -0.39 is 0 Å². The minimum absolute atomic E-state index is 0.286. The molecule has 2 N–H and O–H groups in total. The van der Waals surface area contributed by atoms with Crippen molar-refractivity contribution in [1.29, 1.82) is 0 Å². The highest BCUT2D eigenvalue weighted by Crippen LogP contribution is 1.94. The van der Waals surface area contributed by atoms with Crippen LogP contribution >= 0.6 is 0 Å². The SMILES string of the molecule is Nc1nccc(-[n+]2ccccc2)n1. The maximum Gasteiger partial charge on any atom is 0.336 e. The van der Waals surface area contributed by atoms with Crippen LogP contribution in [0, 0.1) is 0 Å². The van der Waals surface area contributed by atoms with Crippen LogP contribution in [-0.2, 0) is 0 Å². The van der Waals surface area contributed by atoms with Crippen molar-refractivity contribution in [2.45, 2.75) is 0 Å². The fourth-order valence-electron chi connectivity index (χ4n) is 1.06. The molecule has 2 rings (SSSR count). The van der Waals surface area contributed by atoms with Crippen molar-refractivity contribution in [2.24, 2.45) is 0 Å². The van der Waals surface area contributed by atoms with Crippen LogP contribution in [0.4, 0.5) is 5.95 Å². The minimum Gasteiger partial charge on any atom is -0.346 e. The van der Waals surface area contributed by atoms with Gasteiger partial charge in [0.25, 0.3) is 0 Å². The molecule has 13 heavy (non-hydrogen) atoms. The van der Waals surface area contributed by atoms with Gasteiger partial charge in [-0.1, -0.05) is 6.07 Å². The van der Waals surface area contributed by atoms with E-state index in [2.05, 4.69) is 9.97 Å². The highest BCUT2D eigenvalue weighted by atomic mass is 15.1. The Bertz CT molecular complexity index is 399. The first-order valence-electron chi connectivity index (χ1n) is 3.91. The van der Waals surface area contributed by atoms with E-state index in [-0.39, 0.29) is 5.95 Å². The third-order valence-corrected chi connectivity index (χ3v) is 1.64. The van der Waals surface area contributed by atoms with E-state index in [1.54, 1.807) is 12.3 Å². The fraction of sp³-hybridized carbons (Fsp3) is 0. The molecule has 0 atom stereocenters. The summed E-state index contributed by atoms with van der Waals surface area (Å²) in [6.07, 6.45) is 5.45. The molecule has 0 spiro atoms. The van der Waals surface area contributed by atoms with Crippen molar-refractivity contribution >= 4 is 5.95 Å². The van der Waals surface area contributed by atoms with E-state index in [0.717, 1.165) is 5.82 Å². The number of nitrogens with zero attached hydrogens (tertiary/aromatic N) is 3. The molecule has 0 aliphatic carbocycles. The molecule has 0 saturated carbocycles. The van der Waals surface area contributed by atoms with Gasteiger partial charge in [0.15, 0.2) is 0 Å². The average molecular weight is 173 g/mol. The van der Waals surface area contributed by atoms with Gasteiger partial charge in [-0.2, -0.15) is 4.98 Å². The predicted molar refractivity (Wildman–Crippen MR) is 48.0 cm³/mol. The first-order chi connectivity index (χ1) is 6.36. The fourth-order valence-corrected chi connectivity index (χ4v) is 1.06. The number of nitrogens with two attached hydrogens (primary N) is 1. The molecule has 4 nitrogen and oxygen atoms in total. The quantitative estimate of drug-likeness (QED) is 0.632. The van der Waals surface area contributed by atoms with Crippen LogP contribution in [0.2, 0.25) is 0 Å². The summed E-state index contributed by atoms with van der Waals surface area (Å²) in [5.74, 6) is 1.06. The lowest BCUT2D eigenvalue weighted by Crippen LogP contribution is -2.30. The summed E-state index contributed by atoms with van der Waals surface area (Å²) in [4.78, 5) is 7.89. The van der Waals surface area contributed by atoms with Crippen LogP contribution in [0.1, 0.15) is 0 Å². The van der Waals surface area contributed by atoms with Gasteiger partial charge in [-0.15, -0.1) is 0 Å². The van der Waals surface area contributed by atoms with E-state index in [1.807, 2.05) is 35.2 Å². The number of pyridine rings is 1. The average Bonchev–Trinajstić information content (AvgIpc) is 2.19. The van der Waals surface area contributed by atoms with Crippen molar-refractivity contribution in [3.63, 3.8) is 0 Å². The Hall–Kier alpha value is -1.97. The van der Waals surface area contributed by atoms with Crippen LogP contribution in [0.25, 0.3) is 5.82 Å². The van der Waals surface area contributed by atoms with Crippen LogP contribution in [0.3, 0.4) is 0 Å². The molecular weight excluding hydrogens is 164 g/mol. The van der Waals surface area contributed by atoms with Gasteiger partial charge in [0.05, 0.1) is 18.5 Å². The van der Waals surface area contributed by atoms with Gasteiger partial charge >= 0.3 is 11.8 Å². The lowest BCUT2D eigenvalue weighted by Gasteiger charge is -1.93. The molecule has 2 aromatic heterocycles. The van der Waals surface area contributed by atoms with E-state index in [0.29, 0.717) is 0 Å². The van der Waals surface area contributed by atoms with E-state index >= 15 is 0 Å². The molecule has 4 heteroatoms. The Morgan fingerprint density at radius 2 is 1.92 bits per heavy atom. The molecular formula is C9H9N4+. The maximum absolute atomic E-state index is 5.46. The first kappa shape index (κ1) is 7.67. The number of hydrogen-bond donors (Lipinski definition) is 1. The van der Waals surface area contributed by atoms with E-state index in [4.69, 9.17) is 5.73 Å². The van der Waals surface area contributed by atoms with Gasteiger partial charge in [0.2, 0.25) is 0 Å². The normalized spacial score (nSPS) is 9.85. The summed E-state index contributed by atoms with van der Waals surface area (Å²) < 4.78 is 1.87. The van der Waals surface area contributed by atoms with Gasteiger partial charge in [-0.25, -0.2) is 4.57 Å². The number of rotatable bonds is 1. The second-order valence-corrected chi connectivity index (χ2v) is 2.56. The summed E-state index contributed by atoms with van der Waals surface area (Å²) in [6.45, 7) is 0.